The van der Waals surface area contributed by atoms with Gasteiger partial charge in [0.1, 0.15) is 6.61 Å². The van der Waals surface area contributed by atoms with Crippen LogP contribution in [-0.2, 0) is 11.4 Å². The van der Waals surface area contributed by atoms with E-state index < -0.39 is 11.8 Å². The van der Waals surface area contributed by atoms with Crippen LogP contribution in [0, 0.1) is 6.92 Å². The van der Waals surface area contributed by atoms with Crippen LogP contribution in [0.25, 0.3) is 0 Å². The summed E-state index contributed by atoms with van der Waals surface area (Å²) >= 11 is 0. The van der Waals surface area contributed by atoms with Crippen molar-refractivity contribution in [2.45, 2.75) is 13.5 Å². The number of rotatable bonds is 3. The Bertz CT molecular complexity index is 627. The number of hydrogen-bond donors (Lipinski definition) is 0. The molecule has 6 nitrogen and oxygen atoms in total. The second kappa shape index (κ2) is 4.33. The number of carbonyl (C=O) groups is 2. The predicted octanol–water partition coefficient (Wildman–Crippen LogP) is 1.71. The van der Waals surface area contributed by atoms with Crippen LogP contribution in [0.4, 0.5) is 0 Å². The van der Waals surface area contributed by atoms with E-state index in [1.54, 1.807) is 37.3 Å². The maximum Gasteiger partial charge on any atom is 0.285 e. The monoisotopic (exact) mass is 258 g/mol. The highest BCUT2D eigenvalue weighted by Gasteiger charge is 2.36. The van der Waals surface area contributed by atoms with Crippen molar-refractivity contribution in [3.8, 4) is 0 Å². The van der Waals surface area contributed by atoms with E-state index in [-0.39, 0.29) is 6.61 Å². The lowest BCUT2D eigenvalue weighted by Crippen LogP contribution is -2.29. The molecule has 0 fully saturated rings. The average molecular weight is 258 g/mol. The fourth-order valence-corrected chi connectivity index (χ4v) is 1.90. The molecule has 0 N–H and O–H groups in total. The Morgan fingerprint density at radius 3 is 2.37 bits per heavy atom. The second-order valence-corrected chi connectivity index (χ2v) is 4.16. The third-order valence-electron chi connectivity index (χ3n) is 2.77. The molecule has 0 aliphatic carbocycles. The molecule has 0 atom stereocenters. The first-order valence-electron chi connectivity index (χ1n) is 5.70. The van der Waals surface area contributed by atoms with Crippen LogP contribution in [0.15, 0.2) is 34.9 Å². The summed E-state index contributed by atoms with van der Waals surface area (Å²) in [5.74, 6) is -0.470. The van der Waals surface area contributed by atoms with Gasteiger partial charge in [-0.05, 0) is 19.1 Å². The van der Waals surface area contributed by atoms with Crippen molar-refractivity contribution < 1.29 is 18.9 Å². The molecule has 1 aromatic heterocycles. The Morgan fingerprint density at radius 1 is 1.21 bits per heavy atom. The van der Waals surface area contributed by atoms with E-state index >= 15 is 0 Å². The van der Waals surface area contributed by atoms with Gasteiger partial charge in [0.05, 0.1) is 16.8 Å². The zero-order valence-corrected chi connectivity index (χ0v) is 10.1. The van der Waals surface area contributed by atoms with Crippen molar-refractivity contribution in [1.29, 1.82) is 0 Å². The van der Waals surface area contributed by atoms with Crippen LogP contribution in [-0.4, -0.2) is 22.0 Å². The van der Waals surface area contributed by atoms with Crippen LogP contribution in [0.2, 0.25) is 0 Å². The van der Waals surface area contributed by atoms with Crippen molar-refractivity contribution in [1.82, 2.24) is 10.2 Å². The number of fused-ring (bicyclic) bond motifs is 1. The molecule has 1 aliphatic heterocycles. The SMILES string of the molecule is Cc1cc(CON2C(=O)c3ccccc3C2=O)on1. The first kappa shape index (κ1) is 11.6. The van der Waals surface area contributed by atoms with E-state index in [0.29, 0.717) is 22.6 Å². The molecule has 0 saturated heterocycles. The topological polar surface area (TPSA) is 72.6 Å². The first-order chi connectivity index (χ1) is 9.16. The molecule has 0 spiro atoms. The molecule has 1 aromatic carbocycles. The number of aromatic nitrogens is 1. The van der Waals surface area contributed by atoms with Crippen LogP contribution in [0.3, 0.4) is 0 Å². The molecule has 2 amide bonds. The molecule has 0 saturated carbocycles. The lowest BCUT2D eigenvalue weighted by atomic mass is 10.1. The molecule has 3 rings (SSSR count). The van der Waals surface area contributed by atoms with Gasteiger partial charge >= 0.3 is 0 Å². The van der Waals surface area contributed by atoms with Gasteiger partial charge in [0, 0.05) is 6.07 Å². The predicted molar refractivity (Wildman–Crippen MR) is 63.0 cm³/mol. The third-order valence-corrected chi connectivity index (χ3v) is 2.77. The van der Waals surface area contributed by atoms with Gasteiger partial charge in [0.15, 0.2) is 5.76 Å². The summed E-state index contributed by atoms with van der Waals surface area (Å²) < 4.78 is 4.95. The maximum absolute atomic E-state index is 12.0. The highest BCUT2D eigenvalue weighted by atomic mass is 16.7. The van der Waals surface area contributed by atoms with E-state index in [9.17, 15) is 9.59 Å². The zero-order valence-electron chi connectivity index (χ0n) is 10.1. The molecule has 0 radical (unpaired) electrons. The quantitative estimate of drug-likeness (QED) is 0.783. The highest BCUT2D eigenvalue weighted by Crippen LogP contribution is 2.23. The fraction of sp³-hybridized carbons (Fsp3) is 0.154. The Morgan fingerprint density at radius 2 is 1.84 bits per heavy atom. The van der Waals surface area contributed by atoms with Gasteiger partial charge in [-0.2, -0.15) is 0 Å². The summed E-state index contributed by atoms with van der Waals surface area (Å²) in [5, 5.41) is 4.45. The summed E-state index contributed by atoms with van der Waals surface area (Å²) in [6.07, 6.45) is 0. The molecule has 0 unspecified atom stereocenters. The summed E-state index contributed by atoms with van der Waals surface area (Å²) in [6.45, 7) is 1.75. The Hall–Kier alpha value is -2.47. The van der Waals surface area contributed by atoms with Crippen molar-refractivity contribution in [3.63, 3.8) is 0 Å². The molecule has 0 bridgehead atoms. The van der Waals surface area contributed by atoms with Gasteiger partial charge in [-0.25, -0.2) is 0 Å². The normalized spacial score (nSPS) is 14.1. The summed E-state index contributed by atoms with van der Waals surface area (Å²) in [7, 11) is 0. The number of hydrogen-bond acceptors (Lipinski definition) is 5. The molecule has 2 aromatic rings. The molecule has 2 heterocycles. The highest BCUT2D eigenvalue weighted by molar-refractivity contribution is 6.20. The van der Waals surface area contributed by atoms with Crippen molar-refractivity contribution in [2.75, 3.05) is 0 Å². The molecular weight excluding hydrogens is 248 g/mol. The molecule has 1 aliphatic rings. The Balaban J connectivity index is 1.77. The molecule has 19 heavy (non-hydrogen) atoms. The lowest BCUT2D eigenvalue weighted by Gasteiger charge is -2.11. The number of imide groups is 1. The van der Waals surface area contributed by atoms with E-state index in [2.05, 4.69) is 5.16 Å². The second-order valence-electron chi connectivity index (χ2n) is 4.16. The van der Waals surface area contributed by atoms with Gasteiger partial charge in [-0.3, -0.25) is 14.4 Å². The number of carbonyl (C=O) groups excluding carboxylic acids is 2. The standard InChI is InChI=1S/C13H10N2O4/c1-8-6-9(19-14-8)7-18-15-12(16)10-4-2-3-5-11(10)13(15)17/h2-6H,7H2,1H3. The first-order valence-corrected chi connectivity index (χ1v) is 5.70. The van der Waals surface area contributed by atoms with Crippen molar-refractivity contribution in [2.24, 2.45) is 0 Å². The van der Waals surface area contributed by atoms with Crippen LogP contribution in [0.5, 0.6) is 0 Å². The largest absolute Gasteiger partial charge is 0.359 e. The minimum Gasteiger partial charge on any atom is -0.359 e. The summed E-state index contributed by atoms with van der Waals surface area (Å²) in [4.78, 5) is 29.1. The van der Waals surface area contributed by atoms with Crippen molar-refractivity contribution in [3.05, 3.63) is 52.9 Å². The number of aryl methyl sites for hydroxylation is 1. The van der Waals surface area contributed by atoms with Gasteiger partial charge in [-0.15, -0.1) is 5.06 Å². The molecule has 96 valence electrons. The summed E-state index contributed by atoms with van der Waals surface area (Å²) in [5.41, 5.74) is 1.41. The smallest absolute Gasteiger partial charge is 0.285 e. The number of benzene rings is 1. The third kappa shape index (κ3) is 1.92. The van der Waals surface area contributed by atoms with Crippen molar-refractivity contribution >= 4 is 11.8 Å². The lowest BCUT2D eigenvalue weighted by molar-refractivity contribution is -0.106. The van der Waals surface area contributed by atoms with E-state index in [1.807, 2.05) is 0 Å². The number of nitrogens with zero attached hydrogens (tertiary/aromatic N) is 2. The molecule has 6 heteroatoms. The Kier molecular flexibility index (Phi) is 2.64. The summed E-state index contributed by atoms with van der Waals surface area (Å²) in [6, 6.07) is 8.27. The van der Waals surface area contributed by atoms with E-state index in [1.165, 1.54) is 0 Å². The van der Waals surface area contributed by atoms with Crippen LogP contribution >= 0.6 is 0 Å². The minimum atomic E-state index is -0.461. The maximum atomic E-state index is 12.0. The van der Waals surface area contributed by atoms with Crippen LogP contribution in [0.1, 0.15) is 32.2 Å². The minimum absolute atomic E-state index is 0.0215. The fourth-order valence-electron chi connectivity index (χ4n) is 1.90. The molecular formula is C13H10N2O4. The van der Waals surface area contributed by atoms with Gasteiger partial charge in [0.25, 0.3) is 11.8 Å². The Labute approximate surface area is 108 Å². The van der Waals surface area contributed by atoms with Gasteiger partial charge < -0.3 is 4.52 Å². The van der Waals surface area contributed by atoms with Crippen LogP contribution < -0.4 is 0 Å². The number of amides is 2. The average Bonchev–Trinajstić information content (AvgIpc) is 2.93. The van der Waals surface area contributed by atoms with Gasteiger partial charge in [0.2, 0.25) is 0 Å². The van der Waals surface area contributed by atoms with Gasteiger partial charge in [-0.1, -0.05) is 17.3 Å². The van der Waals surface area contributed by atoms with E-state index in [4.69, 9.17) is 9.36 Å². The van der Waals surface area contributed by atoms with E-state index in [0.717, 1.165) is 5.06 Å². The zero-order chi connectivity index (χ0) is 13.4. The number of hydroxylamine groups is 2.